The molecule has 0 aromatic heterocycles. The van der Waals surface area contributed by atoms with E-state index in [2.05, 4.69) is 5.32 Å². The molecule has 0 spiro atoms. The summed E-state index contributed by atoms with van der Waals surface area (Å²) in [5.41, 5.74) is 0.974. The number of carbonyl (C=O) groups excluding carboxylic acids is 2. The molecule has 0 bridgehead atoms. The van der Waals surface area contributed by atoms with Crippen molar-refractivity contribution in [2.24, 2.45) is 0 Å². The fourth-order valence-electron chi connectivity index (χ4n) is 4.28. The van der Waals surface area contributed by atoms with Gasteiger partial charge in [-0.05, 0) is 54.8 Å². The number of hydrogen-bond donors (Lipinski definition) is 1. The summed E-state index contributed by atoms with van der Waals surface area (Å²) in [7, 11) is -2.74. The maximum absolute atomic E-state index is 14.1. The number of sulfonamides is 1. The number of methoxy groups -OCH3 is 1. The lowest BCUT2D eigenvalue weighted by atomic mass is 10.1. The van der Waals surface area contributed by atoms with Gasteiger partial charge in [0.05, 0.1) is 17.7 Å². The topological polar surface area (TPSA) is 96.0 Å². The summed E-state index contributed by atoms with van der Waals surface area (Å²) < 4.78 is 34.3. The van der Waals surface area contributed by atoms with Crippen LogP contribution in [0.5, 0.6) is 5.75 Å². The van der Waals surface area contributed by atoms with Gasteiger partial charge in [-0.3, -0.25) is 13.9 Å². The molecular formula is C30H36ClN3O5S. The van der Waals surface area contributed by atoms with Crippen LogP contribution in [-0.2, 0) is 26.2 Å². The van der Waals surface area contributed by atoms with E-state index in [4.69, 9.17) is 16.3 Å². The second-order valence-electron chi connectivity index (χ2n) is 9.21. The van der Waals surface area contributed by atoms with Crippen LogP contribution in [0.3, 0.4) is 0 Å². The number of nitrogens with zero attached hydrogens (tertiary/aromatic N) is 2. The van der Waals surface area contributed by atoms with Crippen LogP contribution in [0.2, 0.25) is 5.02 Å². The van der Waals surface area contributed by atoms with E-state index in [1.54, 1.807) is 66.7 Å². The summed E-state index contributed by atoms with van der Waals surface area (Å²) in [6.45, 7) is 3.90. The van der Waals surface area contributed by atoms with E-state index in [1.807, 2.05) is 13.8 Å². The van der Waals surface area contributed by atoms with Crippen molar-refractivity contribution in [3.05, 3.63) is 89.4 Å². The molecule has 10 heteroatoms. The molecule has 0 unspecified atom stereocenters. The number of benzene rings is 3. The van der Waals surface area contributed by atoms with E-state index < -0.39 is 28.5 Å². The van der Waals surface area contributed by atoms with Crippen molar-refractivity contribution in [1.82, 2.24) is 10.2 Å². The zero-order valence-corrected chi connectivity index (χ0v) is 24.6. The summed E-state index contributed by atoms with van der Waals surface area (Å²) in [5, 5.41) is 3.46. The molecule has 0 aliphatic heterocycles. The van der Waals surface area contributed by atoms with Crippen molar-refractivity contribution in [2.45, 2.75) is 50.6 Å². The summed E-state index contributed by atoms with van der Waals surface area (Å²) in [4.78, 5) is 28.8. The molecule has 3 rings (SSSR count). The lowest BCUT2D eigenvalue weighted by Gasteiger charge is -2.33. The number of amides is 2. The van der Waals surface area contributed by atoms with E-state index in [0.717, 1.165) is 22.7 Å². The van der Waals surface area contributed by atoms with Gasteiger partial charge < -0.3 is 15.0 Å². The Bertz CT molecular complexity index is 1370. The van der Waals surface area contributed by atoms with Crippen LogP contribution < -0.4 is 14.4 Å². The van der Waals surface area contributed by atoms with Crippen molar-refractivity contribution < 1.29 is 22.7 Å². The van der Waals surface area contributed by atoms with Crippen LogP contribution in [0.4, 0.5) is 5.69 Å². The second-order valence-corrected chi connectivity index (χ2v) is 11.5. The number of rotatable bonds is 14. The fourth-order valence-corrected chi connectivity index (χ4v) is 5.85. The molecule has 3 aromatic carbocycles. The highest BCUT2D eigenvalue weighted by molar-refractivity contribution is 7.92. The summed E-state index contributed by atoms with van der Waals surface area (Å²) in [6.07, 6.45) is 2.07. The quantitative estimate of drug-likeness (QED) is 0.260. The van der Waals surface area contributed by atoms with Gasteiger partial charge >= 0.3 is 0 Å². The van der Waals surface area contributed by atoms with Gasteiger partial charge in [0, 0.05) is 18.1 Å². The molecule has 0 radical (unpaired) electrons. The number of unbranched alkanes of at least 4 members (excludes halogenated alkanes) is 1. The average molecular weight is 586 g/mol. The number of halogens is 1. The molecule has 0 fully saturated rings. The predicted molar refractivity (Wildman–Crippen MR) is 158 cm³/mol. The van der Waals surface area contributed by atoms with Gasteiger partial charge in [-0.2, -0.15) is 0 Å². The lowest BCUT2D eigenvalue weighted by molar-refractivity contribution is -0.140. The largest absolute Gasteiger partial charge is 0.495 e. The lowest BCUT2D eigenvalue weighted by Crippen LogP contribution is -2.52. The highest BCUT2D eigenvalue weighted by atomic mass is 35.5. The highest BCUT2D eigenvalue weighted by Crippen LogP contribution is 2.32. The van der Waals surface area contributed by atoms with Crippen molar-refractivity contribution in [3.63, 3.8) is 0 Å². The highest BCUT2D eigenvalue weighted by Gasteiger charge is 2.34. The molecule has 0 aliphatic carbocycles. The molecule has 0 aliphatic rings. The molecule has 1 N–H and O–H groups in total. The molecule has 8 nitrogen and oxygen atoms in total. The van der Waals surface area contributed by atoms with E-state index in [1.165, 1.54) is 24.1 Å². The standard InChI is InChI=1S/C30H36ClN3O5S/c1-4-6-20-32-30(36)26(5-2)33(21-23-16-18-24(31)19-17-23)29(35)22-34(27-14-10-11-15-28(27)39-3)40(37,38)25-12-8-7-9-13-25/h7-19,26H,4-6,20-22H2,1-3H3,(H,32,36)/t26-/m1/s1. The van der Waals surface area contributed by atoms with E-state index in [9.17, 15) is 18.0 Å². The minimum Gasteiger partial charge on any atom is -0.495 e. The molecule has 0 heterocycles. The summed E-state index contributed by atoms with van der Waals surface area (Å²) in [5.74, 6) is -0.519. The molecule has 3 aromatic rings. The first kappa shape index (κ1) is 31.0. The monoisotopic (exact) mass is 585 g/mol. The third-order valence-corrected chi connectivity index (χ3v) is 8.47. The zero-order chi connectivity index (χ0) is 29.1. The second kappa shape index (κ2) is 14.7. The number of ether oxygens (including phenoxy) is 1. The van der Waals surface area contributed by atoms with Gasteiger partial charge in [-0.25, -0.2) is 8.42 Å². The third kappa shape index (κ3) is 7.76. The van der Waals surface area contributed by atoms with Crippen LogP contribution in [0.15, 0.2) is 83.8 Å². The smallest absolute Gasteiger partial charge is 0.264 e. The van der Waals surface area contributed by atoms with Gasteiger partial charge in [0.25, 0.3) is 10.0 Å². The molecule has 214 valence electrons. The van der Waals surface area contributed by atoms with Gasteiger partial charge in [-0.1, -0.05) is 74.3 Å². The predicted octanol–water partition coefficient (Wildman–Crippen LogP) is 5.27. The van der Waals surface area contributed by atoms with E-state index in [0.29, 0.717) is 23.7 Å². The first-order valence-corrected chi connectivity index (χ1v) is 15.1. The van der Waals surface area contributed by atoms with Crippen LogP contribution in [0.1, 0.15) is 38.7 Å². The van der Waals surface area contributed by atoms with Crippen LogP contribution in [0, 0.1) is 0 Å². The Balaban J connectivity index is 2.05. The van der Waals surface area contributed by atoms with Crippen molar-refractivity contribution in [3.8, 4) is 5.75 Å². The van der Waals surface area contributed by atoms with Crippen LogP contribution >= 0.6 is 11.6 Å². The zero-order valence-electron chi connectivity index (χ0n) is 23.0. The minimum absolute atomic E-state index is 0.0299. The Morgan fingerprint density at radius 3 is 2.23 bits per heavy atom. The van der Waals surface area contributed by atoms with E-state index in [-0.39, 0.29) is 23.0 Å². The van der Waals surface area contributed by atoms with Gasteiger partial charge in [0.1, 0.15) is 18.3 Å². The van der Waals surface area contributed by atoms with E-state index >= 15 is 0 Å². The first-order valence-electron chi connectivity index (χ1n) is 13.2. The van der Waals surface area contributed by atoms with Gasteiger partial charge in [-0.15, -0.1) is 0 Å². The number of nitrogens with one attached hydrogen (secondary N) is 1. The Kier molecular flexibility index (Phi) is 11.4. The minimum atomic E-state index is -4.18. The maximum Gasteiger partial charge on any atom is 0.264 e. The van der Waals surface area contributed by atoms with Crippen molar-refractivity contribution in [2.75, 3.05) is 24.5 Å². The number of anilines is 1. The molecule has 0 saturated carbocycles. The SMILES string of the molecule is CCCCNC(=O)[C@@H](CC)N(Cc1ccc(Cl)cc1)C(=O)CN(c1ccccc1OC)S(=O)(=O)c1ccccc1. The van der Waals surface area contributed by atoms with Crippen LogP contribution in [0.25, 0.3) is 0 Å². The molecule has 0 saturated heterocycles. The van der Waals surface area contributed by atoms with Crippen molar-refractivity contribution >= 4 is 39.1 Å². The van der Waals surface area contributed by atoms with Gasteiger partial charge in [0.2, 0.25) is 11.8 Å². The van der Waals surface area contributed by atoms with Gasteiger partial charge in [0.15, 0.2) is 0 Å². The molecular weight excluding hydrogens is 550 g/mol. The molecule has 40 heavy (non-hydrogen) atoms. The average Bonchev–Trinajstić information content (AvgIpc) is 2.97. The van der Waals surface area contributed by atoms with Crippen molar-refractivity contribution in [1.29, 1.82) is 0 Å². The normalized spacial score (nSPS) is 11.9. The summed E-state index contributed by atoms with van der Waals surface area (Å²) in [6, 6.07) is 20.7. The Morgan fingerprint density at radius 1 is 0.950 bits per heavy atom. The molecule has 2 amide bonds. The Labute approximate surface area is 241 Å². The first-order chi connectivity index (χ1) is 19.2. The van der Waals surface area contributed by atoms with Crippen LogP contribution in [-0.4, -0.2) is 51.4 Å². The number of hydrogen-bond acceptors (Lipinski definition) is 5. The fraction of sp³-hybridized carbons (Fsp3) is 0.333. The Hall–Kier alpha value is -3.56. The molecule has 1 atom stereocenters. The third-order valence-electron chi connectivity index (χ3n) is 6.45. The maximum atomic E-state index is 14.1. The number of para-hydroxylation sites is 2. The number of carbonyl (C=O) groups is 2. The Morgan fingerprint density at radius 2 is 1.60 bits per heavy atom. The summed E-state index contributed by atoms with van der Waals surface area (Å²) >= 11 is 6.07.